The van der Waals surface area contributed by atoms with E-state index in [9.17, 15) is 4.79 Å². The predicted octanol–water partition coefficient (Wildman–Crippen LogP) is 1.19. The molecule has 1 aliphatic heterocycles. The minimum absolute atomic E-state index is 0.107. The first-order valence-electron chi connectivity index (χ1n) is 6.14. The van der Waals surface area contributed by atoms with E-state index in [0.717, 1.165) is 30.1 Å². The number of ether oxygens (including phenoxy) is 1. The number of carbonyl (C=O) groups excluding carboxylic acids is 1. The van der Waals surface area contributed by atoms with Crippen LogP contribution in [0.3, 0.4) is 0 Å². The standard InChI is InChI=1S/C13H19N3O2/c1-9-13(17)15-11-8-10(4-5-12(11)18-9)16(2)7-3-6-14/h4-5,8-9H,3,6-7,14H2,1-2H3,(H,15,17). The predicted molar refractivity (Wildman–Crippen MR) is 72.1 cm³/mol. The van der Waals surface area contributed by atoms with E-state index in [-0.39, 0.29) is 5.91 Å². The van der Waals surface area contributed by atoms with Gasteiger partial charge in [-0.2, -0.15) is 0 Å². The number of benzene rings is 1. The van der Waals surface area contributed by atoms with Gasteiger partial charge in [-0.1, -0.05) is 0 Å². The Bertz CT molecular complexity index is 448. The Labute approximate surface area is 107 Å². The van der Waals surface area contributed by atoms with Crippen LogP contribution < -0.4 is 20.7 Å². The third-order valence-corrected chi connectivity index (χ3v) is 3.03. The SMILES string of the molecule is CC1Oc2ccc(N(C)CCCN)cc2NC1=O. The molecule has 0 fully saturated rings. The summed E-state index contributed by atoms with van der Waals surface area (Å²) in [6.45, 7) is 3.30. The first kappa shape index (κ1) is 12.7. The van der Waals surface area contributed by atoms with Gasteiger partial charge in [0.05, 0.1) is 5.69 Å². The fourth-order valence-electron chi connectivity index (χ4n) is 1.89. The van der Waals surface area contributed by atoms with Gasteiger partial charge in [0.15, 0.2) is 6.10 Å². The molecule has 2 rings (SSSR count). The van der Waals surface area contributed by atoms with Crippen LogP contribution in [-0.4, -0.2) is 32.1 Å². The quantitative estimate of drug-likeness (QED) is 0.841. The molecule has 5 nitrogen and oxygen atoms in total. The number of rotatable bonds is 4. The molecule has 0 aromatic heterocycles. The molecule has 1 aromatic rings. The molecule has 0 saturated carbocycles. The number of hydrogen-bond donors (Lipinski definition) is 2. The second kappa shape index (κ2) is 5.27. The van der Waals surface area contributed by atoms with E-state index in [1.807, 2.05) is 25.2 Å². The molecule has 0 radical (unpaired) electrons. The van der Waals surface area contributed by atoms with Gasteiger partial charge < -0.3 is 20.7 Å². The minimum Gasteiger partial charge on any atom is -0.479 e. The molecule has 1 aromatic carbocycles. The van der Waals surface area contributed by atoms with E-state index in [1.165, 1.54) is 0 Å². The van der Waals surface area contributed by atoms with E-state index in [1.54, 1.807) is 6.92 Å². The lowest BCUT2D eigenvalue weighted by Crippen LogP contribution is -2.34. The molecular formula is C13H19N3O2. The Balaban J connectivity index is 2.17. The van der Waals surface area contributed by atoms with Crippen molar-refractivity contribution in [2.75, 3.05) is 30.4 Å². The fourth-order valence-corrected chi connectivity index (χ4v) is 1.89. The van der Waals surface area contributed by atoms with Crippen LogP contribution in [0.25, 0.3) is 0 Å². The van der Waals surface area contributed by atoms with Crippen LogP contribution in [0.2, 0.25) is 0 Å². The zero-order valence-corrected chi connectivity index (χ0v) is 10.8. The Kier molecular flexibility index (Phi) is 3.72. The van der Waals surface area contributed by atoms with Gasteiger partial charge in [-0.3, -0.25) is 4.79 Å². The summed E-state index contributed by atoms with van der Waals surface area (Å²) in [4.78, 5) is 13.7. The third kappa shape index (κ3) is 2.56. The maximum Gasteiger partial charge on any atom is 0.265 e. The first-order valence-corrected chi connectivity index (χ1v) is 6.14. The van der Waals surface area contributed by atoms with Crippen LogP contribution in [0, 0.1) is 0 Å². The van der Waals surface area contributed by atoms with E-state index < -0.39 is 6.10 Å². The monoisotopic (exact) mass is 249 g/mol. The number of nitrogens with two attached hydrogens (primary N) is 1. The van der Waals surface area contributed by atoms with Gasteiger partial charge in [0.1, 0.15) is 5.75 Å². The van der Waals surface area contributed by atoms with Crippen LogP contribution in [0.15, 0.2) is 18.2 Å². The second-order valence-electron chi connectivity index (χ2n) is 4.49. The average Bonchev–Trinajstić information content (AvgIpc) is 2.36. The van der Waals surface area contributed by atoms with Gasteiger partial charge in [0.2, 0.25) is 0 Å². The van der Waals surface area contributed by atoms with E-state index >= 15 is 0 Å². The summed E-state index contributed by atoms with van der Waals surface area (Å²) in [7, 11) is 2.01. The lowest BCUT2D eigenvalue weighted by atomic mass is 10.2. The topological polar surface area (TPSA) is 67.6 Å². The summed E-state index contributed by atoms with van der Waals surface area (Å²) in [5.41, 5.74) is 7.27. The molecule has 1 atom stereocenters. The van der Waals surface area contributed by atoms with Crippen molar-refractivity contribution < 1.29 is 9.53 Å². The summed E-state index contributed by atoms with van der Waals surface area (Å²) in [6.07, 6.45) is 0.506. The van der Waals surface area contributed by atoms with E-state index in [0.29, 0.717) is 6.54 Å². The Morgan fingerprint density at radius 3 is 3.00 bits per heavy atom. The molecule has 3 N–H and O–H groups in total. The maximum atomic E-state index is 11.5. The number of nitrogens with zero attached hydrogens (tertiary/aromatic N) is 1. The molecule has 1 heterocycles. The average molecular weight is 249 g/mol. The lowest BCUT2D eigenvalue weighted by Gasteiger charge is -2.26. The highest BCUT2D eigenvalue weighted by Gasteiger charge is 2.23. The van der Waals surface area contributed by atoms with Crippen molar-refractivity contribution in [3.63, 3.8) is 0 Å². The van der Waals surface area contributed by atoms with Gasteiger partial charge in [-0.25, -0.2) is 0 Å². The van der Waals surface area contributed by atoms with Crippen molar-refractivity contribution in [2.24, 2.45) is 5.73 Å². The van der Waals surface area contributed by atoms with Gasteiger partial charge >= 0.3 is 0 Å². The Morgan fingerprint density at radius 2 is 2.28 bits per heavy atom. The zero-order chi connectivity index (χ0) is 13.1. The summed E-state index contributed by atoms with van der Waals surface area (Å²) < 4.78 is 5.51. The Morgan fingerprint density at radius 1 is 1.50 bits per heavy atom. The molecule has 0 bridgehead atoms. The highest BCUT2D eigenvalue weighted by molar-refractivity contribution is 5.98. The van der Waals surface area contributed by atoms with Crippen LogP contribution in [0.4, 0.5) is 11.4 Å². The van der Waals surface area contributed by atoms with Crippen molar-refractivity contribution in [3.05, 3.63) is 18.2 Å². The van der Waals surface area contributed by atoms with Crippen LogP contribution in [0.5, 0.6) is 5.75 Å². The summed E-state index contributed by atoms with van der Waals surface area (Å²) in [5.74, 6) is 0.613. The molecule has 1 aliphatic rings. The van der Waals surface area contributed by atoms with Crippen molar-refractivity contribution in [2.45, 2.75) is 19.4 Å². The molecular weight excluding hydrogens is 230 g/mol. The third-order valence-electron chi connectivity index (χ3n) is 3.03. The molecule has 1 unspecified atom stereocenters. The molecule has 18 heavy (non-hydrogen) atoms. The number of nitrogens with one attached hydrogen (secondary N) is 1. The number of amides is 1. The number of fused-ring (bicyclic) bond motifs is 1. The van der Waals surface area contributed by atoms with E-state index in [2.05, 4.69) is 10.2 Å². The smallest absolute Gasteiger partial charge is 0.265 e. The first-order chi connectivity index (χ1) is 8.61. The molecule has 5 heteroatoms. The fraction of sp³-hybridized carbons (Fsp3) is 0.462. The van der Waals surface area contributed by atoms with Crippen molar-refractivity contribution >= 4 is 17.3 Å². The number of carbonyl (C=O) groups is 1. The highest BCUT2D eigenvalue weighted by atomic mass is 16.5. The van der Waals surface area contributed by atoms with Crippen LogP contribution in [-0.2, 0) is 4.79 Å². The van der Waals surface area contributed by atoms with Crippen LogP contribution >= 0.6 is 0 Å². The van der Waals surface area contributed by atoms with Gasteiger partial charge in [-0.15, -0.1) is 0 Å². The lowest BCUT2D eigenvalue weighted by molar-refractivity contribution is -0.122. The normalized spacial score (nSPS) is 17.7. The van der Waals surface area contributed by atoms with Crippen LogP contribution in [0.1, 0.15) is 13.3 Å². The zero-order valence-electron chi connectivity index (χ0n) is 10.8. The number of anilines is 2. The molecule has 1 amide bonds. The van der Waals surface area contributed by atoms with Gasteiger partial charge in [0.25, 0.3) is 5.91 Å². The largest absolute Gasteiger partial charge is 0.479 e. The number of hydrogen-bond acceptors (Lipinski definition) is 4. The second-order valence-corrected chi connectivity index (χ2v) is 4.49. The van der Waals surface area contributed by atoms with Crippen molar-refractivity contribution in [1.82, 2.24) is 0 Å². The molecule has 0 spiro atoms. The van der Waals surface area contributed by atoms with E-state index in [4.69, 9.17) is 10.5 Å². The highest BCUT2D eigenvalue weighted by Crippen LogP contribution is 2.33. The van der Waals surface area contributed by atoms with Gasteiger partial charge in [-0.05, 0) is 38.1 Å². The molecule has 98 valence electrons. The van der Waals surface area contributed by atoms with Crippen molar-refractivity contribution in [3.8, 4) is 5.75 Å². The van der Waals surface area contributed by atoms with Gasteiger partial charge in [0, 0.05) is 19.3 Å². The summed E-state index contributed by atoms with van der Waals surface area (Å²) >= 11 is 0. The molecule has 0 saturated heterocycles. The maximum absolute atomic E-state index is 11.5. The minimum atomic E-state index is -0.432. The Hall–Kier alpha value is -1.75. The molecule has 0 aliphatic carbocycles. The summed E-state index contributed by atoms with van der Waals surface area (Å²) in [6, 6.07) is 5.80. The summed E-state index contributed by atoms with van der Waals surface area (Å²) in [5, 5.41) is 2.85. The van der Waals surface area contributed by atoms with Crippen molar-refractivity contribution in [1.29, 1.82) is 0 Å².